The van der Waals surface area contributed by atoms with Crippen LogP contribution >= 0.6 is 22.9 Å². The summed E-state index contributed by atoms with van der Waals surface area (Å²) in [5.41, 5.74) is 4.77. The van der Waals surface area contributed by atoms with Gasteiger partial charge in [-0.3, -0.25) is 5.01 Å². The van der Waals surface area contributed by atoms with E-state index in [1.165, 1.54) is 16.0 Å². The maximum absolute atomic E-state index is 6.05. The highest BCUT2D eigenvalue weighted by atomic mass is 35.5. The Hall–Kier alpha value is -2.10. The maximum atomic E-state index is 6.05. The van der Waals surface area contributed by atoms with Crippen LogP contribution in [0.4, 0.5) is 5.69 Å². The largest absolute Gasteiger partial charge is 0.257 e. The number of halogens is 1. The van der Waals surface area contributed by atoms with Gasteiger partial charge < -0.3 is 0 Å². The van der Waals surface area contributed by atoms with Gasteiger partial charge in [-0.1, -0.05) is 47.5 Å². The number of aryl methyl sites for hydroxylation is 1. The van der Waals surface area contributed by atoms with E-state index in [9.17, 15) is 0 Å². The highest BCUT2D eigenvalue weighted by Crippen LogP contribution is 2.37. The van der Waals surface area contributed by atoms with Crippen molar-refractivity contribution in [1.82, 2.24) is 0 Å². The fourth-order valence-corrected chi connectivity index (χ4v) is 3.83. The summed E-state index contributed by atoms with van der Waals surface area (Å²) in [6, 6.07) is 21.1. The first kappa shape index (κ1) is 15.4. The molecule has 0 saturated carbocycles. The van der Waals surface area contributed by atoms with E-state index in [1.807, 2.05) is 24.3 Å². The van der Waals surface area contributed by atoms with Gasteiger partial charge in [0.25, 0.3) is 0 Å². The molecule has 1 atom stereocenters. The van der Waals surface area contributed by atoms with Crippen molar-refractivity contribution in [2.45, 2.75) is 19.4 Å². The first-order chi connectivity index (χ1) is 11.7. The Morgan fingerprint density at radius 3 is 2.46 bits per heavy atom. The Labute approximate surface area is 151 Å². The highest BCUT2D eigenvalue weighted by Gasteiger charge is 2.30. The topological polar surface area (TPSA) is 15.6 Å². The van der Waals surface area contributed by atoms with Crippen molar-refractivity contribution >= 4 is 34.3 Å². The Morgan fingerprint density at radius 1 is 1.04 bits per heavy atom. The average molecular weight is 353 g/mol. The average Bonchev–Trinajstić information content (AvgIpc) is 3.26. The van der Waals surface area contributed by atoms with Crippen LogP contribution in [-0.4, -0.2) is 5.71 Å². The molecule has 0 aliphatic carbocycles. The van der Waals surface area contributed by atoms with Gasteiger partial charge in [-0.2, -0.15) is 5.10 Å². The van der Waals surface area contributed by atoms with Crippen molar-refractivity contribution in [3.05, 3.63) is 87.1 Å². The van der Waals surface area contributed by atoms with Crippen molar-refractivity contribution in [2.24, 2.45) is 5.10 Å². The molecular formula is C20H17ClN2S. The van der Waals surface area contributed by atoms with Crippen LogP contribution in [0.3, 0.4) is 0 Å². The normalized spacial score (nSPS) is 17.2. The molecule has 2 heterocycles. The fraction of sp³-hybridized carbons (Fsp3) is 0.150. The molecule has 120 valence electrons. The highest BCUT2D eigenvalue weighted by molar-refractivity contribution is 7.12. The van der Waals surface area contributed by atoms with Crippen molar-refractivity contribution < 1.29 is 0 Å². The van der Waals surface area contributed by atoms with Crippen molar-refractivity contribution in [3.63, 3.8) is 0 Å². The first-order valence-corrected chi connectivity index (χ1v) is 9.19. The van der Waals surface area contributed by atoms with Crippen LogP contribution in [0.2, 0.25) is 5.02 Å². The van der Waals surface area contributed by atoms with Crippen LogP contribution in [0.15, 0.2) is 71.1 Å². The summed E-state index contributed by atoms with van der Waals surface area (Å²) in [6.07, 6.45) is 0.909. The number of benzene rings is 2. The molecule has 0 bridgehead atoms. The maximum Gasteiger partial charge on any atom is 0.0832 e. The molecule has 0 radical (unpaired) electrons. The van der Waals surface area contributed by atoms with E-state index in [1.54, 1.807) is 11.3 Å². The Kier molecular flexibility index (Phi) is 4.13. The minimum Gasteiger partial charge on any atom is -0.257 e. The van der Waals surface area contributed by atoms with Crippen molar-refractivity contribution in [2.75, 3.05) is 5.01 Å². The van der Waals surface area contributed by atoms with E-state index in [0.717, 1.165) is 22.8 Å². The Balaban J connectivity index is 1.74. The number of hydrazone groups is 1. The summed E-state index contributed by atoms with van der Waals surface area (Å²) < 4.78 is 0. The number of anilines is 1. The van der Waals surface area contributed by atoms with E-state index < -0.39 is 0 Å². The van der Waals surface area contributed by atoms with Crippen LogP contribution in [0, 0.1) is 6.92 Å². The summed E-state index contributed by atoms with van der Waals surface area (Å²) >= 11 is 7.79. The number of hydrogen-bond donors (Lipinski definition) is 0. The summed E-state index contributed by atoms with van der Waals surface area (Å²) in [5.74, 6) is 0. The number of thiophene rings is 1. The molecule has 0 amide bonds. The van der Waals surface area contributed by atoms with Crippen LogP contribution in [0.25, 0.3) is 0 Å². The van der Waals surface area contributed by atoms with E-state index in [4.69, 9.17) is 16.7 Å². The van der Waals surface area contributed by atoms with Crippen molar-refractivity contribution in [1.29, 1.82) is 0 Å². The monoisotopic (exact) mass is 352 g/mol. The molecule has 4 rings (SSSR count). The quantitative estimate of drug-likeness (QED) is 0.559. The van der Waals surface area contributed by atoms with Crippen LogP contribution in [0.1, 0.15) is 28.5 Å². The predicted octanol–water partition coefficient (Wildman–Crippen LogP) is 6.07. The molecule has 1 aliphatic rings. The van der Waals surface area contributed by atoms with E-state index in [0.29, 0.717) is 0 Å². The molecule has 0 spiro atoms. The van der Waals surface area contributed by atoms with E-state index >= 15 is 0 Å². The fourth-order valence-electron chi connectivity index (χ4n) is 2.98. The first-order valence-electron chi connectivity index (χ1n) is 7.93. The number of nitrogens with zero attached hydrogens (tertiary/aromatic N) is 2. The van der Waals surface area contributed by atoms with Gasteiger partial charge in [0.05, 0.1) is 22.3 Å². The third-order valence-electron chi connectivity index (χ3n) is 4.27. The molecule has 24 heavy (non-hydrogen) atoms. The molecule has 1 unspecified atom stereocenters. The molecule has 0 N–H and O–H groups in total. The number of rotatable bonds is 3. The SMILES string of the molecule is Cc1ccc(C2CC(c3cccs3)=NN2c2ccc(Cl)cc2)cc1. The minimum atomic E-state index is 0.212. The van der Waals surface area contributed by atoms with Crippen LogP contribution < -0.4 is 5.01 Å². The molecule has 2 nitrogen and oxygen atoms in total. The van der Waals surface area contributed by atoms with Gasteiger partial charge in [0.2, 0.25) is 0 Å². The van der Waals surface area contributed by atoms with Crippen LogP contribution in [0.5, 0.6) is 0 Å². The van der Waals surface area contributed by atoms with Gasteiger partial charge in [-0.15, -0.1) is 11.3 Å². The van der Waals surface area contributed by atoms with Gasteiger partial charge in [0.1, 0.15) is 0 Å². The minimum absolute atomic E-state index is 0.212. The Morgan fingerprint density at radius 2 is 1.79 bits per heavy atom. The van der Waals surface area contributed by atoms with Gasteiger partial charge in [0, 0.05) is 11.4 Å². The summed E-state index contributed by atoms with van der Waals surface area (Å²) in [4.78, 5) is 1.24. The van der Waals surface area contributed by atoms with Crippen LogP contribution in [-0.2, 0) is 0 Å². The molecule has 1 aromatic heterocycles. The zero-order valence-electron chi connectivity index (χ0n) is 13.3. The van der Waals surface area contributed by atoms with E-state index in [-0.39, 0.29) is 6.04 Å². The zero-order chi connectivity index (χ0) is 16.5. The molecule has 0 saturated heterocycles. The lowest BCUT2D eigenvalue weighted by atomic mass is 10.00. The molecule has 2 aromatic carbocycles. The lowest BCUT2D eigenvalue weighted by Gasteiger charge is -2.24. The molecule has 0 fully saturated rings. The van der Waals surface area contributed by atoms with Crippen molar-refractivity contribution in [3.8, 4) is 0 Å². The molecule has 3 aromatic rings. The molecular weight excluding hydrogens is 336 g/mol. The second-order valence-corrected chi connectivity index (χ2v) is 7.36. The Bertz CT molecular complexity index is 852. The smallest absolute Gasteiger partial charge is 0.0832 e. The molecule has 4 heteroatoms. The predicted molar refractivity (Wildman–Crippen MR) is 103 cm³/mol. The zero-order valence-corrected chi connectivity index (χ0v) is 14.9. The second-order valence-electron chi connectivity index (χ2n) is 5.98. The van der Waals surface area contributed by atoms with E-state index in [2.05, 4.69) is 53.7 Å². The standard InChI is InChI=1S/C20H17ClN2S/c1-14-4-6-15(7-5-14)19-13-18(20-3-2-12-24-20)22-23(19)17-10-8-16(21)9-11-17/h2-12,19H,13H2,1H3. The number of hydrogen-bond acceptors (Lipinski definition) is 3. The lowest BCUT2D eigenvalue weighted by Crippen LogP contribution is -2.18. The summed E-state index contributed by atoms with van der Waals surface area (Å²) in [5, 5.41) is 9.89. The van der Waals surface area contributed by atoms with Gasteiger partial charge >= 0.3 is 0 Å². The third-order valence-corrected chi connectivity index (χ3v) is 5.44. The lowest BCUT2D eigenvalue weighted by molar-refractivity contribution is 0.709. The summed E-state index contributed by atoms with van der Waals surface area (Å²) in [7, 11) is 0. The van der Waals surface area contributed by atoms with Gasteiger partial charge in [-0.25, -0.2) is 0 Å². The summed E-state index contributed by atoms with van der Waals surface area (Å²) in [6.45, 7) is 2.11. The third kappa shape index (κ3) is 2.97. The van der Waals surface area contributed by atoms with Gasteiger partial charge in [0.15, 0.2) is 0 Å². The van der Waals surface area contributed by atoms with Gasteiger partial charge in [-0.05, 0) is 48.2 Å². The molecule has 1 aliphatic heterocycles. The second kappa shape index (κ2) is 6.42.